The molecule has 2 heterocycles. The van der Waals surface area contributed by atoms with Gasteiger partial charge >= 0.3 is 0 Å². The minimum absolute atomic E-state index is 0.0341. The van der Waals surface area contributed by atoms with Gasteiger partial charge in [-0.3, -0.25) is 9.59 Å². The number of ether oxygens (including phenoxy) is 3. The molecule has 0 saturated heterocycles. The summed E-state index contributed by atoms with van der Waals surface area (Å²) < 4.78 is 22.3. The fourth-order valence-electron chi connectivity index (χ4n) is 3.66. The van der Waals surface area contributed by atoms with Crippen LogP contribution >= 0.6 is 11.3 Å². The summed E-state index contributed by atoms with van der Waals surface area (Å²) in [6.45, 7) is 2.66. The van der Waals surface area contributed by atoms with Crippen molar-refractivity contribution in [3.05, 3.63) is 81.5 Å². The molecule has 2 N–H and O–H groups in total. The highest BCUT2D eigenvalue weighted by Gasteiger charge is 2.16. The zero-order valence-electron chi connectivity index (χ0n) is 20.7. The van der Waals surface area contributed by atoms with E-state index in [0.717, 1.165) is 5.56 Å². The van der Waals surface area contributed by atoms with Gasteiger partial charge < -0.3 is 23.9 Å². The average Bonchev–Trinajstić information content (AvgIpc) is 3.47. The molecule has 0 aliphatic carbocycles. The lowest BCUT2D eigenvalue weighted by Gasteiger charge is -2.11. The number of thiophene rings is 1. The molecule has 0 fully saturated rings. The van der Waals surface area contributed by atoms with Gasteiger partial charge in [0.05, 0.1) is 25.7 Å². The molecule has 0 spiro atoms. The van der Waals surface area contributed by atoms with Crippen molar-refractivity contribution in [2.75, 3.05) is 27.4 Å². The summed E-state index contributed by atoms with van der Waals surface area (Å²) in [5.41, 5.74) is 4.02. The molecule has 37 heavy (non-hydrogen) atoms. The number of carbonyl (C=O) groups is 2. The van der Waals surface area contributed by atoms with Crippen molar-refractivity contribution in [1.82, 2.24) is 10.7 Å². The predicted molar refractivity (Wildman–Crippen MR) is 140 cm³/mol. The van der Waals surface area contributed by atoms with Crippen molar-refractivity contribution in [2.24, 2.45) is 5.10 Å². The van der Waals surface area contributed by atoms with Crippen LogP contribution in [0.3, 0.4) is 0 Å². The number of benzene rings is 2. The van der Waals surface area contributed by atoms with E-state index >= 15 is 0 Å². The first-order chi connectivity index (χ1) is 18.0. The Morgan fingerprint density at radius 1 is 0.973 bits per heavy atom. The molecule has 9 nitrogen and oxygen atoms in total. The lowest BCUT2D eigenvalue weighted by molar-refractivity contribution is 0.0936. The molecule has 0 radical (unpaired) electrons. The van der Waals surface area contributed by atoms with Gasteiger partial charge in [0, 0.05) is 11.9 Å². The van der Waals surface area contributed by atoms with Gasteiger partial charge in [-0.25, -0.2) is 5.43 Å². The van der Waals surface area contributed by atoms with E-state index in [1.165, 1.54) is 11.3 Å². The minimum Gasteiger partial charge on any atom is -0.493 e. The highest BCUT2D eigenvalue weighted by molar-refractivity contribution is 7.12. The minimum atomic E-state index is -0.400. The van der Waals surface area contributed by atoms with Crippen LogP contribution in [0, 0.1) is 0 Å². The maximum atomic E-state index is 13.2. The lowest BCUT2D eigenvalue weighted by atomic mass is 10.1. The fourth-order valence-corrected chi connectivity index (χ4v) is 4.27. The molecule has 0 saturated carbocycles. The van der Waals surface area contributed by atoms with E-state index in [0.29, 0.717) is 52.7 Å². The zero-order chi connectivity index (χ0) is 26.2. The summed E-state index contributed by atoms with van der Waals surface area (Å²) in [5.74, 6) is 0.976. The highest BCUT2D eigenvalue weighted by Crippen LogP contribution is 2.28. The number of carbonyl (C=O) groups excluding carboxylic acids is 2. The first-order valence-corrected chi connectivity index (χ1v) is 12.5. The third kappa shape index (κ3) is 6.10. The molecule has 0 unspecified atom stereocenters. The van der Waals surface area contributed by atoms with Gasteiger partial charge in [-0.05, 0) is 54.6 Å². The van der Waals surface area contributed by atoms with Crippen molar-refractivity contribution in [3.8, 4) is 17.2 Å². The third-order valence-electron chi connectivity index (χ3n) is 5.43. The number of nitrogens with zero attached hydrogens (tertiary/aromatic N) is 1. The Labute approximate surface area is 217 Å². The van der Waals surface area contributed by atoms with Gasteiger partial charge in [0.15, 0.2) is 22.8 Å². The molecule has 2 aromatic heterocycles. The SMILES string of the molecule is CCOc1cccc2cc(C(=O)NCCc3ccc(OC)c(OC)c3)c(=NNC(=O)c3cccs3)oc12. The molecule has 0 aliphatic rings. The normalized spacial score (nSPS) is 11.3. The lowest BCUT2D eigenvalue weighted by Crippen LogP contribution is -2.32. The maximum absolute atomic E-state index is 13.2. The Balaban J connectivity index is 1.60. The summed E-state index contributed by atoms with van der Waals surface area (Å²) >= 11 is 1.28. The summed E-state index contributed by atoms with van der Waals surface area (Å²) in [6.07, 6.45) is 0.562. The van der Waals surface area contributed by atoms with Crippen LogP contribution in [0.25, 0.3) is 11.0 Å². The van der Waals surface area contributed by atoms with Crippen LogP contribution in [0.5, 0.6) is 17.2 Å². The van der Waals surface area contributed by atoms with Gasteiger partial charge in [-0.15, -0.1) is 16.4 Å². The van der Waals surface area contributed by atoms with Crippen molar-refractivity contribution in [1.29, 1.82) is 0 Å². The Bertz CT molecular complexity index is 1460. The van der Waals surface area contributed by atoms with Crippen molar-refractivity contribution >= 4 is 34.1 Å². The summed E-state index contributed by atoms with van der Waals surface area (Å²) in [6, 6.07) is 16.1. The molecular weight excluding hydrogens is 494 g/mol. The Kier molecular flexibility index (Phi) is 8.42. The molecule has 0 aliphatic heterocycles. The number of fused-ring (bicyclic) bond motifs is 1. The van der Waals surface area contributed by atoms with E-state index in [2.05, 4.69) is 15.8 Å². The summed E-state index contributed by atoms with van der Waals surface area (Å²) in [5, 5.41) is 9.50. The zero-order valence-corrected chi connectivity index (χ0v) is 21.5. The van der Waals surface area contributed by atoms with E-state index in [4.69, 9.17) is 18.6 Å². The number of methoxy groups -OCH3 is 2. The van der Waals surface area contributed by atoms with Crippen LogP contribution in [0.4, 0.5) is 0 Å². The number of amides is 2. The van der Waals surface area contributed by atoms with E-state index in [9.17, 15) is 9.59 Å². The molecule has 0 bridgehead atoms. The van der Waals surface area contributed by atoms with E-state index < -0.39 is 11.8 Å². The average molecular weight is 522 g/mol. The molecule has 10 heteroatoms. The molecule has 0 atom stereocenters. The second-order valence-electron chi connectivity index (χ2n) is 7.80. The Morgan fingerprint density at radius 2 is 1.81 bits per heavy atom. The molecule has 2 amide bonds. The second-order valence-corrected chi connectivity index (χ2v) is 8.75. The van der Waals surface area contributed by atoms with Gasteiger partial charge in [0.2, 0.25) is 5.55 Å². The maximum Gasteiger partial charge on any atom is 0.281 e. The van der Waals surface area contributed by atoms with E-state index in [1.807, 2.05) is 37.3 Å². The van der Waals surface area contributed by atoms with E-state index in [-0.39, 0.29) is 11.1 Å². The van der Waals surface area contributed by atoms with Crippen LogP contribution in [0.1, 0.15) is 32.5 Å². The van der Waals surface area contributed by atoms with Crippen molar-refractivity contribution in [3.63, 3.8) is 0 Å². The largest absolute Gasteiger partial charge is 0.493 e. The second kappa shape index (κ2) is 12.1. The number of para-hydroxylation sites is 1. The standard InChI is InChI=1S/C27H27N3O6S/c1-4-35-21-8-5-7-18-16-19(27(36-24(18)21)30-29-26(32)23-9-6-14-37-23)25(31)28-13-12-17-10-11-20(33-2)22(15-17)34-3/h5-11,14-16H,4,12-13H2,1-3H3,(H,28,31)(H,29,32). The number of rotatable bonds is 10. The molecule has 4 rings (SSSR count). The predicted octanol–water partition coefficient (Wildman–Crippen LogP) is 4.13. The first-order valence-electron chi connectivity index (χ1n) is 11.6. The van der Waals surface area contributed by atoms with Gasteiger partial charge in [-0.2, -0.15) is 0 Å². The highest BCUT2D eigenvalue weighted by atomic mass is 32.1. The van der Waals surface area contributed by atoms with Crippen LogP contribution in [0.15, 0.2) is 69.5 Å². The summed E-state index contributed by atoms with van der Waals surface area (Å²) in [7, 11) is 3.15. The quantitative estimate of drug-likeness (QED) is 0.304. The van der Waals surface area contributed by atoms with Crippen molar-refractivity contribution in [2.45, 2.75) is 13.3 Å². The Hall–Kier alpha value is -4.31. The fraction of sp³-hybridized carbons (Fsp3) is 0.222. The van der Waals surface area contributed by atoms with Crippen LogP contribution < -0.4 is 30.5 Å². The molecular formula is C27H27N3O6S. The summed E-state index contributed by atoms with van der Waals surface area (Å²) in [4.78, 5) is 26.1. The van der Waals surface area contributed by atoms with Crippen molar-refractivity contribution < 1.29 is 28.2 Å². The van der Waals surface area contributed by atoms with Crippen LogP contribution in [-0.2, 0) is 6.42 Å². The Morgan fingerprint density at radius 3 is 2.54 bits per heavy atom. The van der Waals surface area contributed by atoms with Gasteiger partial charge in [0.25, 0.3) is 11.8 Å². The smallest absolute Gasteiger partial charge is 0.281 e. The number of nitrogens with one attached hydrogen (secondary N) is 2. The monoisotopic (exact) mass is 521 g/mol. The van der Waals surface area contributed by atoms with E-state index in [1.54, 1.807) is 43.9 Å². The van der Waals surface area contributed by atoms with Crippen LogP contribution in [-0.4, -0.2) is 39.2 Å². The molecule has 192 valence electrons. The van der Waals surface area contributed by atoms with Gasteiger partial charge in [0.1, 0.15) is 5.56 Å². The van der Waals surface area contributed by atoms with Gasteiger partial charge in [-0.1, -0.05) is 24.3 Å². The number of hydrogen-bond acceptors (Lipinski definition) is 8. The van der Waals surface area contributed by atoms with Crippen LogP contribution in [0.2, 0.25) is 0 Å². The topological polar surface area (TPSA) is 111 Å². The third-order valence-corrected chi connectivity index (χ3v) is 6.30. The number of hydrogen-bond donors (Lipinski definition) is 2. The first kappa shape index (κ1) is 25.8. The molecule has 2 aromatic carbocycles. The molecule has 4 aromatic rings.